The van der Waals surface area contributed by atoms with Crippen molar-refractivity contribution in [2.24, 2.45) is 0 Å². The summed E-state index contributed by atoms with van der Waals surface area (Å²) < 4.78 is 22.7. The van der Waals surface area contributed by atoms with Crippen LogP contribution in [0.2, 0.25) is 0 Å². The normalized spacial score (nSPS) is 22.8. The van der Waals surface area contributed by atoms with Crippen LogP contribution in [-0.4, -0.2) is 25.8 Å². The van der Waals surface area contributed by atoms with Gasteiger partial charge in [0.15, 0.2) is 0 Å². The minimum absolute atomic E-state index is 0.659. The summed E-state index contributed by atoms with van der Waals surface area (Å²) in [7, 11) is -3.12. The van der Waals surface area contributed by atoms with Gasteiger partial charge in [0.1, 0.15) is 0 Å². The fraction of sp³-hybridized carbons (Fsp3) is 0.800. The fourth-order valence-corrected chi connectivity index (χ4v) is 1.78. The van der Waals surface area contributed by atoms with E-state index in [1.807, 2.05) is 0 Å². The molecule has 3 nitrogen and oxygen atoms in total. The Balaban J connectivity index is 2.63. The molecule has 0 amide bonds. The predicted molar refractivity (Wildman–Crippen MR) is 35.1 cm³/mol. The van der Waals surface area contributed by atoms with Gasteiger partial charge in [-0.1, -0.05) is 0 Å². The molecule has 53 valence electrons. The zero-order valence-corrected chi connectivity index (χ0v) is 6.02. The van der Waals surface area contributed by atoms with E-state index in [1.165, 1.54) is 4.31 Å². The van der Waals surface area contributed by atoms with Crippen molar-refractivity contribution in [3.63, 3.8) is 0 Å². The zero-order chi connectivity index (χ0) is 6.91. The van der Waals surface area contributed by atoms with Gasteiger partial charge in [0.2, 0.25) is 10.0 Å². The standard InChI is InChI=1S/C5H10NO2S/c1-9(7,8)6-4-2-3-5-6/h1-5H2. The Bertz CT molecular complexity index is 179. The lowest BCUT2D eigenvalue weighted by Crippen LogP contribution is -2.24. The summed E-state index contributed by atoms with van der Waals surface area (Å²) in [5.41, 5.74) is 0. The van der Waals surface area contributed by atoms with Crippen LogP contribution >= 0.6 is 0 Å². The molecule has 0 unspecified atom stereocenters. The van der Waals surface area contributed by atoms with Gasteiger partial charge in [-0.3, -0.25) is 0 Å². The summed E-state index contributed by atoms with van der Waals surface area (Å²) >= 11 is 0. The first kappa shape index (κ1) is 7.02. The molecule has 4 heteroatoms. The van der Waals surface area contributed by atoms with Crippen LogP contribution in [0.4, 0.5) is 0 Å². The first-order valence-electron chi connectivity index (χ1n) is 2.94. The van der Waals surface area contributed by atoms with Crippen LogP contribution in [0.3, 0.4) is 0 Å². The Morgan fingerprint density at radius 2 is 1.67 bits per heavy atom. The van der Waals surface area contributed by atoms with E-state index in [4.69, 9.17) is 0 Å². The average Bonchev–Trinajstić information content (AvgIpc) is 2.08. The molecule has 1 aliphatic heterocycles. The van der Waals surface area contributed by atoms with Gasteiger partial charge in [-0.25, -0.2) is 12.7 Å². The van der Waals surface area contributed by atoms with E-state index in [-0.39, 0.29) is 0 Å². The quantitative estimate of drug-likeness (QED) is 0.533. The van der Waals surface area contributed by atoms with Crippen molar-refractivity contribution < 1.29 is 8.42 Å². The SMILES string of the molecule is [CH2]S(=O)(=O)N1CCCC1. The number of rotatable bonds is 1. The van der Waals surface area contributed by atoms with Crippen LogP contribution in [0.15, 0.2) is 0 Å². The van der Waals surface area contributed by atoms with Gasteiger partial charge in [0.05, 0.1) is 6.26 Å². The molecule has 0 N–H and O–H groups in total. The zero-order valence-electron chi connectivity index (χ0n) is 5.21. The smallest absolute Gasteiger partial charge is 0.212 e. The summed E-state index contributed by atoms with van der Waals surface area (Å²) in [6.07, 6.45) is 5.01. The van der Waals surface area contributed by atoms with Crippen LogP contribution in [0.5, 0.6) is 0 Å². The highest BCUT2D eigenvalue weighted by molar-refractivity contribution is 7.90. The van der Waals surface area contributed by atoms with Crippen molar-refractivity contribution >= 4 is 10.0 Å². The van der Waals surface area contributed by atoms with Gasteiger partial charge in [-0.05, 0) is 12.8 Å². The van der Waals surface area contributed by atoms with Crippen LogP contribution in [-0.2, 0) is 10.0 Å². The molecule has 1 aliphatic rings. The minimum atomic E-state index is -3.12. The number of hydrogen-bond acceptors (Lipinski definition) is 2. The molecule has 1 fully saturated rings. The Kier molecular flexibility index (Phi) is 1.77. The monoisotopic (exact) mass is 148 g/mol. The number of sulfonamides is 1. The van der Waals surface area contributed by atoms with Crippen molar-refractivity contribution in [2.75, 3.05) is 13.1 Å². The second kappa shape index (κ2) is 2.27. The van der Waals surface area contributed by atoms with Gasteiger partial charge in [-0.15, -0.1) is 0 Å². The molecular formula is C5H10NO2S. The summed E-state index contributed by atoms with van der Waals surface area (Å²) in [5, 5.41) is 0. The highest BCUT2D eigenvalue weighted by atomic mass is 32.2. The summed E-state index contributed by atoms with van der Waals surface area (Å²) in [6, 6.07) is 0. The molecule has 0 aromatic heterocycles. The lowest BCUT2D eigenvalue weighted by molar-refractivity contribution is 0.486. The van der Waals surface area contributed by atoms with Gasteiger partial charge >= 0.3 is 0 Å². The topological polar surface area (TPSA) is 37.4 Å². The van der Waals surface area contributed by atoms with E-state index in [9.17, 15) is 8.42 Å². The molecule has 0 saturated carbocycles. The van der Waals surface area contributed by atoms with Gasteiger partial charge in [0.25, 0.3) is 0 Å². The maximum atomic E-state index is 10.6. The third-order valence-electron chi connectivity index (χ3n) is 1.46. The highest BCUT2D eigenvalue weighted by Gasteiger charge is 2.19. The van der Waals surface area contributed by atoms with Crippen molar-refractivity contribution in [3.8, 4) is 0 Å². The Morgan fingerprint density at radius 1 is 1.22 bits per heavy atom. The molecule has 0 spiro atoms. The van der Waals surface area contributed by atoms with E-state index < -0.39 is 10.0 Å². The van der Waals surface area contributed by atoms with E-state index in [0.29, 0.717) is 13.1 Å². The first-order valence-corrected chi connectivity index (χ1v) is 4.55. The Labute approximate surface area is 55.7 Å². The van der Waals surface area contributed by atoms with E-state index >= 15 is 0 Å². The second-order valence-corrected chi connectivity index (χ2v) is 3.90. The molecule has 1 saturated heterocycles. The van der Waals surface area contributed by atoms with Gasteiger partial charge in [0, 0.05) is 13.1 Å². The molecule has 0 aliphatic carbocycles. The van der Waals surface area contributed by atoms with Crippen LogP contribution in [0.25, 0.3) is 0 Å². The molecule has 1 rings (SSSR count). The molecule has 0 bridgehead atoms. The van der Waals surface area contributed by atoms with Crippen LogP contribution in [0.1, 0.15) is 12.8 Å². The van der Waals surface area contributed by atoms with E-state index in [0.717, 1.165) is 12.8 Å². The van der Waals surface area contributed by atoms with Gasteiger partial charge < -0.3 is 0 Å². The lowest BCUT2D eigenvalue weighted by atomic mass is 10.4. The van der Waals surface area contributed by atoms with Crippen molar-refractivity contribution in [3.05, 3.63) is 6.26 Å². The molecule has 0 aromatic carbocycles. The van der Waals surface area contributed by atoms with Gasteiger partial charge in [-0.2, -0.15) is 0 Å². The first-order chi connectivity index (χ1) is 4.11. The molecular weight excluding hydrogens is 138 g/mol. The van der Waals surface area contributed by atoms with E-state index in [2.05, 4.69) is 6.26 Å². The van der Waals surface area contributed by atoms with Crippen LogP contribution < -0.4 is 0 Å². The third-order valence-corrected chi connectivity index (χ3v) is 2.61. The summed E-state index contributed by atoms with van der Waals surface area (Å²) in [6.45, 7) is 1.32. The molecule has 0 atom stereocenters. The maximum absolute atomic E-state index is 10.6. The van der Waals surface area contributed by atoms with E-state index in [1.54, 1.807) is 0 Å². The van der Waals surface area contributed by atoms with Crippen LogP contribution in [0, 0.1) is 6.26 Å². The number of nitrogens with zero attached hydrogens (tertiary/aromatic N) is 1. The van der Waals surface area contributed by atoms with Crippen molar-refractivity contribution in [2.45, 2.75) is 12.8 Å². The average molecular weight is 148 g/mol. The second-order valence-electron chi connectivity index (χ2n) is 2.22. The molecule has 1 radical (unpaired) electrons. The Hall–Kier alpha value is -0.0900. The highest BCUT2D eigenvalue weighted by Crippen LogP contribution is 2.11. The lowest BCUT2D eigenvalue weighted by Gasteiger charge is -2.09. The Morgan fingerprint density at radius 3 is 1.89 bits per heavy atom. The predicted octanol–water partition coefficient (Wildman–Crippen LogP) is 0.204. The number of hydrogen-bond donors (Lipinski definition) is 0. The summed E-state index contributed by atoms with van der Waals surface area (Å²) in [4.78, 5) is 0. The molecule has 1 heterocycles. The summed E-state index contributed by atoms with van der Waals surface area (Å²) in [5.74, 6) is 0. The van der Waals surface area contributed by atoms with Crippen molar-refractivity contribution in [1.82, 2.24) is 4.31 Å². The molecule has 0 aromatic rings. The minimum Gasteiger partial charge on any atom is -0.212 e. The maximum Gasteiger partial charge on any atom is 0.215 e. The fourth-order valence-electron chi connectivity index (χ4n) is 0.966. The van der Waals surface area contributed by atoms with Crippen molar-refractivity contribution in [1.29, 1.82) is 0 Å². The molecule has 9 heavy (non-hydrogen) atoms. The largest absolute Gasteiger partial charge is 0.215 e. The third kappa shape index (κ3) is 1.66.